The summed E-state index contributed by atoms with van der Waals surface area (Å²) in [7, 11) is 0. The van der Waals surface area contributed by atoms with Crippen molar-refractivity contribution in [2.45, 2.75) is 0 Å². The normalized spacial score (nSPS) is 8.29. The molecule has 0 aromatic carbocycles. The van der Waals surface area contributed by atoms with Crippen molar-refractivity contribution in [3.8, 4) is 23.8 Å². The molecule has 1 rings (SSSR count). The van der Waals surface area contributed by atoms with Crippen molar-refractivity contribution >= 4 is 0 Å². The zero-order valence-electron chi connectivity index (χ0n) is 7.40. The van der Waals surface area contributed by atoms with E-state index in [1.807, 2.05) is 6.07 Å². The van der Waals surface area contributed by atoms with E-state index in [0.717, 1.165) is 0 Å². The van der Waals surface area contributed by atoms with Crippen molar-refractivity contribution in [3.05, 3.63) is 23.9 Å². The highest BCUT2D eigenvalue weighted by molar-refractivity contribution is 5.31. The lowest BCUT2D eigenvalue weighted by Gasteiger charge is -1.99. The highest BCUT2D eigenvalue weighted by Gasteiger charge is 1.95. The minimum Gasteiger partial charge on any atom is -0.464 e. The van der Waals surface area contributed by atoms with Crippen LogP contribution in [0.15, 0.2) is 18.3 Å². The molecule has 4 heteroatoms. The van der Waals surface area contributed by atoms with E-state index >= 15 is 0 Å². The molecule has 0 unspecified atom stereocenters. The fourth-order valence-electron chi connectivity index (χ4n) is 0.775. The van der Waals surface area contributed by atoms with Crippen LogP contribution in [0.3, 0.4) is 0 Å². The van der Waals surface area contributed by atoms with Crippen LogP contribution < -0.4 is 4.74 Å². The minimum atomic E-state index is -0.185. The third-order valence-corrected chi connectivity index (χ3v) is 1.36. The second kappa shape index (κ2) is 5.58. The molecule has 0 saturated carbocycles. The van der Waals surface area contributed by atoms with Crippen molar-refractivity contribution in [2.75, 3.05) is 13.2 Å². The third kappa shape index (κ3) is 3.14. The van der Waals surface area contributed by atoms with Gasteiger partial charge in [-0.15, -0.1) is 0 Å². The van der Waals surface area contributed by atoms with Crippen LogP contribution in [0.2, 0.25) is 0 Å². The number of aliphatic hydroxyl groups is 1. The van der Waals surface area contributed by atoms with Crippen LogP contribution in [0.25, 0.3) is 0 Å². The monoisotopic (exact) mass is 188 g/mol. The van der Waals surface area contributed by atoms with Gasteiger partial charge in [0.1, 0.15) is 6.61 Å². The van der Waals surface area contributed by atoms with E-state index in [2.05, 4.69) is 16.8 Å². The molecule has 0 bridgehead atoms. The summed E-state index contributed by atoms with van der Waals surface area (Å²) in [5.74, 6) is 5.37. The van der Waals surface area contributed by atoms with E-state index in [4.69, 9.17) is 15.1 Å². The minimum absolute atomic E-state index is 0.155. The third-order valence-electron chi connectivity index (χ3n) is 1.36. The number of pyridine rings is 1. The molecule has 0 saturated heterocycles. The first-order valence-corrected chi connectivity index (χ1v) is 3.92. The van der Waals surface area contributed by atoms with Gasteiger partial charge in [-0.25, -0.2) is 4.98 Å². The van der Waals surface area contributed by atoms with Crippen LogP contribution >= 0.6 is 0 Å². The van der Waals surface area contributed by atoms with Gasteiger partial charge in [0.15, 0.2) is 6.61 Å². The molecular weight excluding hydrogens is 180 g/mol. The number of rotatable bonds is 2. The van der Waals surface area contributed by atoms with Gasteiger partial charge < -0.3 is 9.84 Å². The van der Waals surface area contributed by atoms with E-state index in [0.29, 0.717) is 11.4 Å². The summed E-state index contributed by atoms with van der Waals surface area (Å²) >= 11 is 0. The van der Waals surface area contributed by atoms with Gasteiger partial charge >= 0.3 is 0 Å². The van der Waals surface area contributed by atoms with Crippen molar-refractivity contribution < 1.29 is 9.84 Å². The van der Waals surface area contributed by atoms with Crippen LogP contribution in [-0.2, 0) is 0 Å². The molecule has 0 spiro atoms. The molecule has 1 N–H and O–H groups in total. The number of aliphatic hydroxyl groups excluding tert-OH is 1. The summed E-state index contributed by atoms with van der Waals surface area (Å²) in [6.45, 7) is -0.0303. The van der Waals surface area contributed by atoms with Gasteiger partial charge in [0.05, 0.1) is 11.6 Å². The Morgan fingerprint density at radius 3 is 3.07 bits per heavy atom. The van der Waals surface area contributed by atoms with Crippen LogP contribution in [0.4, 0.5) is 0 Å². The maximum Gasteiger partial charge on any atom is 0.215 e. The molecule has 0 aliphatic heterocycles. The summed E-state index contributed by atoms with van der Waals surface area (Å²) in [5, 5.41) is 16.9. The van der Waals surface area contributed by atoms with Gasteiger partial charge in [0.25, 0.3) is 0 Å². The van der Waals surface area contributed by atoms with Crippen LogP contribution in [0.5, 0.6) is 5.88 Å². The number of hydrogen-bond acceptors (Lipinski definition) is 4. The Hall–Kier alpha value is -2.04. The Balaban J connectivity index is 2.55. The van der Waals surface area contributed by atoms with Crippen molar-refractivity contribution in [1.82, 2.24) is 4.98 Å². The van der Waals surface area contributed by atoms with Crippen molar-refractivity contribution in [1.29, 1.82) is 5.26 Å². The molecule has 0 radical (unpaired) electrons. The molecular formula is C10H8N2O2. The first kappa shape index (κ1) is 10.0. The number of ether oxygens (including phenoxy) is 1. The lowest BCUT2D eigenvalue weighted by atomic mass is 10.3. The smallest absolute Gasteiger partial charge is 0.215 e. The van der Waals surface area contributed by atoms with E-state index < -0.39 is 0 Å². The first-order valence-electron chi connectivity index (χ1n) is 3.92. The van der Waals surface area contributed by atoms with Gasteiger partial charge in [-0.1, -0.05) is 11.8 Å². The maximum atomic E-state index is 8.58. The quantitative estimate of drug-likeness (QED) is 0.679. The van der Waals surface area contributed by atoms with Gasteiger partial charge in [-0.3, -0.25) is 0 Å². The Morgan fingerprint density at radius 1 is 1.50 bits per heavy atom. The molecule has 0 fully saturated rings. The van der Waals surface area contributed by atoms with E-state index in [-0.39, 0.29) is 13.2 Å². The summed E-state index contributed by atoms with van der Waals surface area (Å²) in [4.78, 5) is 3.88. The second-order valence-electron chi connectivity index (χ2n) is 2.29. The fraction of sp³-hybridized carbons (Fsp3) is 0.200. The SMILES string of the molecule is N#Cc1ccnc(OCC#CCO)c1. The van der Waals surface area contributed by atoms with E-state index in [9.17, 15) is 0 Å². The summed E-state index contributed by atoms with van der Waals surface area (Å²) < 4.78 is 5.10. The van der Waals surface area contributed by atoms with Crippen LogP contribution in [-0.4, -0.2) is 23.3 Å². The van der Waals surface area contributed by atoms with Gasteiger partial charge in [0.2, 0.25) is 5.88 Å². The zero-order chi connectivity index (χ0) is 10.2. The Labute approximate surface area is 81.8 Å². The molecule has 1 aromatic rings. The molecule has 4 nitrogen and oxygen atoms in total. The highest BCUT2D eigenvalue weighted by atomic mass is 16.5. The second-order valence-corrected chi connectivity index (χ2v) is 2.29. The average Bonchev–Trinajstić information content (AvgIpc) is 2.25. The molecule has 1 aromatic heterocycles. The van der Waals surface area contributed by atoms with Gasteiger partial charge in [0, 0.05) is 12.3 Å². The molecule has 0 aliphatic carbocycles. The Morgan fingerprint density at radius 2 is 2.36 bits per heavy atom. The van der Waals surface area contributed by atoms with Gasteiger partial charge in [-0.2, -0.15) is 5.26 Å². The molecule has 14 heavy (non-hydrogen) atoms. The first-order chi connectivity index (χ1) is 6.86. The average molecular weight is 188 g/mol. The van der Waals surface area contributed by atoms with E-state index in [1.54, 1.807) is 6.07 Å². The predicted octanol–water partition coefficient (Wildman–Crippen LogP) is 0.328. The number of nitriles is 1. The lowest BCUT2D eigenvalue weighted by Crippen LogP contribution is -1.96. The maximum absolute atomic E-state index is 8.58. The lowest BCUT2D eigenvalue weighted by molar-refractivity contribution is 0.344. The van der Waals surface area contributed by atoms with Crippen molar-refractivity contribution in [3.63, 3.8) is 0 Å². The molecule has 0 atom stereocenters. The molecule has 0 amide bonds. The number of hydrogen-bond donors (Lipinski definition) is 1. The largest absolute Gasteiger partial charge is 0.464 e. The number of aromatic nitrogens is 1. The zero-order valence-corrected chi connectivity index (χ0v) is 7.40. The Kier molecular flexibility index (Phi) is 4.00. The summed E-state index contributed by atoms with van der Waals surface area (Å²) in [6.07, 6.45) is 1.49. The van der Waals surface area contributed by atoms with Crippen molar-refractivity contribution in [2.24, 2.45) is 0 Å². The van der Waals surface area contributed by atoms with Crippen LogP contribution in [0, 0.1) is 23.2 Å². The Bertz CT molecular complexity index is 399. The summed E-state index contributed by atoms with van der Waals surface area (Å²) in [6, 6.07) is 5.09. The fourth-order valence-corrected chi connectivity index (χ4v) is 0.775. The number of nitrogens with zero attached hydrogens (tertiary/aromatic N) is 2. The molecule has 0 aliphatic rings. The van der Waals surface area contributed by atoms with E-state index in [1.165, 1.54) is 12.3 Å². The van der Waals surface area contributed by atoms with Crippen LogP contribution in [0.1, 0.15) is 5.56 Å². The van der Waals surface area contributed by atoms with Gasteiger partial charge in [-0.05, 0) is 6.07 Å². The predicted molar refractivity (Wildman–Crippen MR) is 49.3 cm³/mol. The standard InChI is InChI=1S/C10H8N2O2/c11-8-9-3-4-12-10(7-9)14-6-2-1-5-13/h3-4,7,13H,5-6H2. The summed E-state index contributed by atoms with van der Waals surface area (Å²) in [5.41, 5.74) is 0.491. The molecule has 1 heterocycles. The molecule has 70 valence electrons. The highest BCUT2D eigenvalue weighted by Crippen LogP contribution is 2.07. The topological polar surface area (TPSA) is 66.1 Å².